The molecule has 0 saturated carbocycles. The molecule has 2 amide bonds. The van der Waals surface area contributed by atoms with Crippen LogP contribution in [0.4, 0.5) is 0 Å². The van der Waals surface area contributed by atoms with Crippen LogP contribution in [0.3, 0.4) is 0 Å². The second kappa shape index (κ2) is 1.65. The summed E-state index contributed by atoms with van der Waals surface area (Å²) in [5.41, 5.74) is 0. The number of nitrogens with zero attached hydrogens (tertiary/aromatic N) is 1. The number of amides is 2. The molecular formula is C6H6N2O2. The van der Waals surface area contributed by atoms with Crippen LogP contribution in [0.25, 0.3) is 0 Å². The van der Waals surface area contributed by atoms with Crippen molar-refractivity contribution >= 4 is 18.0 Å². The van der Waals surface area contributed by atoms with Gasteiger partial charge in [-0.25, -0.2) is 0 Å². The zero-order valence-electron chi connectivity index (χ0n) is 5.20. The third-order valence-electron chi connectivity index (χ3n) is 1.89. The molecule has 2 heterocycles. The van der Waals surface area contributed by atoms with Gasteiger partial charge in [-0.05, 0) is 0 Å². The van der Waals surface area contributed by atoms with Crippen LogP contribution in [0.2, 0.25) is 0 Å². The van der Waals surface area contributed by atoms with Crippen molar-refractivity contribution in [2.75, 3.05) is 6.54 Å². The minimum atomic E-state index is -0.271. The quantitative estimate of drug-likeness (QED) is 0.434. The molecule has 2 aliphatic rings. The molecule has 0 aliphatic carbocycles. The van der Waals surface area contributed by atoms with Crippen LogP contribution in [0.1, 0.15) is 0 Å². The Kier molecular flexibility index (Phi) is 0.922. The van der Waals surface area contributed by atoms with Crippen molar-refractivity contribution in [2.45, 2.75) is 0 Å². The van der Waals surface area contributed by atoms with Crippen molar-refractivity contribution in [1.82, 2.24) is 5.32 Å². The fraction of sp³-hybridized carbons (Fsp3) is 0.500. The Balaban J connectivity index is 2.33. The molecule has 2 unspecified atom stereocenters. The summed E-state index contributed by atoms with van der Waals surface area (Å²) in [6.07, 6.45) is 1.56. The zero-order valence-corrected chi connectivity index (χ0v) is 5.20. The summed E-state index contributed by atoms with van der Waals surface area (Å²) >= 11 is 0. The van der Waals surface area contributed by atoms with Crippen molar-refractivity contribution in [2.24, 2.45) is 16.8 Å². The Labute approximate surface area is 57.3 Å². The number of nitrogens with one attached hydrogen (secondary N) is 1. The maximum atomic E-state index is 10.9. The van der Waals surface area contributed by atoms with Gasteiger partial charge in [0.1, 0.15) is 0 Å². The third-order valence-corrected chi connectivity index (χ3v) is 1.89. The molecule has 52 valence electrons. The van der Waals surface area contributed by atoms with Crippen molar-refractivity contribution in [1.29, 1.82) is 0 Å². The summed E-state index contributed by atoms with van der Waals surface area (Å²) in [5, 5.41) is 2.25. The lowest BCUT2D eigenvalue weighted by atomic mass is 10.00. The van der Waals surface area contributed by atoms with E-state index in [1.165, 1.54) is 0 Å². The van der Waals surface area contributed by atoms with Crippen LogP contribution in [0, 0.1) is 11.8 Å². The fourth-order valence-electron chi connectivity index (χ4n) is 1.30. The van der Waals surface area contributed by atoms with Crippen LogP contribution in [0.5, 0.6) is 0 Å². The smallest absolute Gasteiger partial charge is 0.235 e. The van der Waals surface area contributed by atoms with Gasteiger partial charge in [0.15, 0.2) is 0 Å². The first-order valence-electron chi connectivity index (χ1n) is 3.13. The van der Waals surface area contributed by atoms with Crippen molar-refractivity contribution < 1.29 is 9.59 Å². The summed E-state index contributed by atoms with van der Waals surface area (Å²) in [6.45, 7) is 0.474. The van der Waals surface area contributed by atoms with E-state index in [4.69, 9.17) is 0 Å². The van der Waals surface area contributed by atoms with Gasteiger partial charge >= 0.3 is 0 Å². The highest BCUT2D eigenvalue weighted by Gasteiger charge is 2.42. The van der Waals surface area contributed by atoms with Crippen LogP contribution in [-0.2, 0) is 9.59 Å². The molecule has 1 N–H and O–H groups in total. The second-order valence-corrected chi connectivity index (χ2v) is 2.50. The Bertz CT molecular complexity index is 234. The minimum Gasteiger partial charge on any atom is -0.296 e. The molecule has 2 aliphatic heterocycles. The molecule has 4 nitrogen and oxygen atoms in total. The van der Waals surface area contributed by atoms with Crippen molar-refractivity contribution in [3.63, 3.8) is 0 Å². The first kappa shape index (κ1) is 5.58. The van der Waals surface area contributed by atoms with E-state index in [0.717, 1.165) is 0 Å². The summed E-state index contributed by atoms with van der Waals surface area (Å²) in [7, 11) is 0. The molecule has 10 heavy (non-hydrogen) atoms. The number of aliphatic imine (C=N–C) groups is 1. The number of carbonyl (C=O) groups is 2. The first-order valence-corrected chi connectivity index (χ1v) is 3.13. The summed E-state index contributed by atoms with van der Waals surface area (Å²) < 4.78 is 0. The fourth-order valence-corrected chi connectivity index (χ4v) is 1.30. The molecule has 0 aromatic heterocycles. The summed E-state index contributed by atoms with van der Waals surface area (Å²) in [4.78, 5) is 25.6. The highest BCUT2D eigenvalue weighted by molar-refractivity contribution is 6.12. The monoisotopic (exact) mass is 138 g/mol. The molecule has 0 aromatic carbocycles. The Hall–Kier alpha value is -1.19. The van der Waals surface area contributed by atoms with E-state index in [9.17, 15) is 9.59 Å². The maximum Gasteiger partial charge on any atom is 0.235 e. The molecule has 1 fully saturated rings. The number of fused-ring (bicyclic) bond motifs is 1. The predicted molar refractivity (Wildman–Crippen MR) is 33.5 cm³/mol. The topological polar surface area (TPSA) is 58.5 Å². The Morgan fingerprint density at radius 3 is 3.00 bits per heavy atom. The van der Waals surface area contributed by atoms with Gasteiger partial charge in [-0.1, -0.05) is 0 Å². The summed E-state index contributed by atoms with van der Waals surface area (Å²) in [6, 6.07) is 0. The number of carbonyl (C=O) groups excluding carboxylic acids is 2. The first-order chi connectivity index (χ1) is 4.79. The predicted octanol–water partition coefficient (Wildman–Crippen LogP) is -1.04. The molecule has 4 heteroatoms. The summed E-state index contributed by atoms with van der Waals surface area (Å²) in [5.74, 6) is -0.844. The van der Waals surface area contributed by atoms with Crippen LogP contribution in [0.15, 0.2) is 4.99 Å². The molecule has 0 radical (unpaired) electrons. The number of imide groups is 1. The van der Waals surface area contributed by atoms with Crippen molar-refractivity contribution in [3.05, 3.63) is 0 Å². The average molecular weight is 138 g/mol. The van der Waals surface area contributed by atoms with Crippen LogP contribution < -0.4 is 5.32 Å². The van der Waals surface area contributed by atoms with Gasteiger partial charge in [0.05, 0.1) is 18.4 Å². The highest BCUT2D eigenvalue weighted by atomic mass is 16.2. The van der Waals surface area contributed by atoms with E-state index in [-0.39, 0.29) is 23.7 Å². The maximum absolute atomic E-state index is 10.9. The van der Waals surface area contributed by atoms with E-state index in [0.29, 0.717) is 6.54 Å². The number of rotatable bonds is 0. The van der Waals surface area contributed by atoms with E-state index in [2.05, 4.69) is 10.3 Å². The van der Waals surface area contributed by atoms with Crippen LogP contribution in [-0.4, -0.2) is 24.6 Å². The largest absolute Gasteiger partial charge is 0.296 e. The van der Waals surface area contributed by atoms with Gasteiger partial charge in [-0.2, -0.15) is 0 Å². The average Bonchev–Trinajstić information content (AvgIpc) is 2.39. The lowest BCUT2D eigenvalue weighted by molar-refractivity contribution is -0.125. The molecule has 2 rings (SSSR count). The van der Waals surface area contributed by atoms with E-state index < -0.39 is 0 Å². The van der Waals surface area contributed by atoms with Gasteiger partial charge < -0.3 is 0 Å². The van der Waals surface area contributed by atoms with Crippen LogP contribution >= 0.6 is 0 Å². The SMILES string of the molecule is O=C1NC(=O)C2CN=CC12. The number of hydrogen-bond donors (Lipinski definition) is 1. The normalized spacial score (nSPS) is 36.4. The molecule has 2 atom stereocenters. The van der Waals surface area contributed by atoms with Gasteiger partial charge in [0.2, 0.25) is 11.8 Å². The molecular weight excluding hydrogens is 132 g/mol. The van der Waals surface area contributed by atoms with Crippen molar-refractivity contribution in [3.8, 4) is 0 Å². The zero-order chi connectivity index (χ0) is 7.14. The van der Waals surface area contributed by atoms with E-state index >= 15 is 0 Å². The molecule has 0 spiro atoms. The highest BCUT2D eigenvalue weighted by Crippen LogP contribution is 2.21. The molecule has 0 aromatic rings. The van der Waals surface area contributed by atoms with Gasteiger partial charge in [-0.3, -0.25) is 19.9 Å². The third kappa shape index (κ3) is 0.531. The minimum absolute atomic E-state index is 0.174. The van der Waals surface area contributed by atoms with E-state index in [1.54, 1.807) is 6.21 Å². The molecule has 1 saturated heterocycles. The number of hydrogen-bond acceptors (Lipinski definition) is 3. The molecule has 0 bridgehead atoms. The second-order valence-electron chi connectivity index (χ2n) is 2.50. The van der Waals surface area contributed by atoms with Gasteiger partial charge in [-0.15, -0.1) is 0 Å². The lowest BCUT2D eigenvalue weighted by Gasteiger charge is -1.96. The Morgan fingerprint density at radius 1 is 1.50 bits per heavy atom. The van der Waals surface area contributed by atoms with E-state index in [1.807, 2.05) is 0 Å². The Morgan fingerprint density at radius 2 is 2.30 bits per heavy atom. The van der Waals surface area contributed by atoms with Gasteiger partial charge in [0, 0.05) is 6.21 Å². The standard InChI is InChI=1S/C6H6N2O2/c9-5-3-1-7-2-4(3)6(10)8-5/h1,3-4H,2H2,(H,8,9,10). The van der Waals surface area contributed by atoms with Gasteiger partial charge in [0.25, 0.3) is 0 Å². The lowest BCUT2D eigenvalue weighted by Crippen LogP contribution is -2.23.